The third kappa shape index (κ3) is 1.14. The zero-order valence-electron chi connectivity index (χ0n) is 8.29. The fraction of sp³-hybridized carbons (Fsp3) is 0.700. The number of hydrogen-bond donors (Lipinski definition) is 1. The molecule has 1 N–H and O–H groups in total. The first kappa shape index (κ1) is 9.16. The highest BCUT2D eigenvalue weighted by Gasteiger charge is 2.62. The van der Waals surface area contributed by atoms with Gasteiger partial charge in [0, 0.05) is 16.5 Å². The van der Waals surface area contributed by atoms with Gasteiger partial charge in [-0.15, -0.1) is 11.3 Å². The summed E-state index contributed by atoms with van der Waals surface area (Å²) in [5.41, 5.74) is 0.264. The van der Waals surface area contributed by atoms with Gasteiger partial charge in [0.1, 0.15) is 0 Å². The Bertz CT molecular complexity index is 331. The first-order chi connectivity index (χ1) is 6.02. The Kier molecular flexibility index (Phi) is 1.79. The van der Waals surface area contributed by atoms with E-state index in [0.717, 1.165) is 11.4 Å². The summed E-state index contributed by atoms with van der Waals surface area (Å²) in [5.74, 6) is 0. The highest BCUT2D eigenvalue weighted by atomic mass is 32.1. The van der Waals surface area contributed by atoms with E-state index in [-0.39, 0.29) is 17.4 Å². The molecule has 2 rings (SSSR count). The average molecular weight is 197 g/mol. The van der Waals surface area contributed by atoms with Crippen molar-refractivity contribution in [2.24, 2.45) is 5.41 Å². The first-order valence-corrected chi connectivity index (χ1v) is 5.37. The maximum atomic E-state index is 9.43. The second-order valence-corrected chi connectivity index (χ2v) is 5.78. The lowest BCUT2D eigenvalue weighted by Crippen LogP contribution is -2.17. The number of aliphatic hydroxyl groups is 1. The lowest BCUT2D eigenvalue weighted by atomic mass is 9.96. The number of aryl methyl sites for hydroxylation is 1. The summed E-state index contributed by atoms with van der Waals surface area (Å²) in [6.45, 7) is 6.67. The van der Waals surface area contributed by atoms with Crippen LogP contribution in [0.15, 0.2) is 6.20 Å². The number of aliphatic hydroxyl groups excluding tert-OH is 1. The van der Waals surface area contributed by atoms with Gasteiger partial charge in [-0.2, -0.15) is 0 Å². The molecule has 0 radical (unpaired) electrons. The molecule has 72 valence electrons. The first-order valence-electron chi connectivity index (χ1n) is 4.56. The standard InChI is InChI=1S/C10H15NOS/c1-7-11-4-8(13-7)10(6-12)5-9(10,2)3/h4,12H,5-6H2,1-3H3. The molecule has 13 heavy (non-hydrogen) atoms. The van der Waals surface area contributed by atoms with E-state index in [1.807, 2.05) is 13.1 Å². The van der Waals surface area contributed by atoms with Crippen molar-refractivity contribution in [3.8, 4) is 0 Å². The Hall–Kier alpha value is -0.410. The van der Waals surface area contributed by atoms with Crippen molar-refractivity contribution in [3.63, 3.8) is 0 Å². The van der Waals surface area contributed by atoms with Crippen LogP contribution in [0.1, 0.15) is 30.2 Å². The van der Waals surface area contributed by atoms with Gasteiger partial charge in [0.2, 0.25) is 0 Å². The summed E-state index contributed by atoms with van der Waals surface area (Å²) in [7, 11) is 0. The van der Waals surface area contributed by atoms with Crippen molar-refractivity contribution in [1.29, 1.82) is 0 Å². The van der Waals surface area contributed by atoms with Crippen LogP contribution in [-0.2, 0) is 5.41 Å². The van der Waals surface area contributed by atoms with E-state index < -0.39 is 0 Å². The average Bonchev–Trinajstić information content (AvgIpc) is 2.43. The van der Waals surface area contributed by atoms with E-state index in [9.17, 15) is 5.11 Å². The van der Waals surface area contributed by atoms with Crippen LogP contribution in [0.3, 0.4) is 0 Å². The van der Waals surface area contributed by atoms with Gasteiger partial charge in [-0.3, -0.25) is 0 Å². The van der Waals surface area contributed by atoms with Gasteiger partial charge in [-0.25, -0.2) is 4.98 Å². The Balaban J connectivity index is 2.35. The Labute approximate surface area is 82.6 Å². The lowest BCUT2D eigenvalue weighted by Gasteiger charge is -2.14. The predicted molar refractivity (Wildman–Crippen MR) is 54.0 cm³/mol. The molecule has 1 aromatic heterocycles. The van der Waals surface area contributed by atoms with Crippen molar-refractivity contribution < 1.29 is 5.11 Å². The fourth-order valence-corrected chi connectivity index (χ4v) is 3.20. The molecule has 0 bridgehead atoms. The number of rotatable bonds is 2. The minimum atomic E-state index is 0.0128. The summed E-state index contributed by atoms with van der Waals surface area (Å²) < 4.78 is 0. The normalized spacial score (nSPS) is 30.5. The van der Waals surface area contributed by atoms with Gasteiger partial charge >= 0.3 is 0 Å². The lowest BCUT2D eigenvalue weighted by molar-refractivity contribution is 0.233. The Morgan fingerprint density at radius 1 is 1.62 bits per heavy atom. The number of thiazole rings is 1. The zero-order chi connectivity index (χ0) is 9.69. The monoisotopic (exact) mass is 197 g/mol. The molecular weight excluding hydrogens is 182 g/mol. The SMILES string of the molecule is Cc1ncc(C2(CO)CC2(C)C)s1. The van der Waals surface area contributed by atoms with E-state index in [1.165, 1.54) is 4.88 Å². The van der Waals surface area contributed by atoms with Gasteiger partial charge in [0.05, 0.1) is 11.6 Å². The van der Waals surface area contributed by atoms with E-state index in [0.29, 0.717) is 0 Å². The molecule has 1 aliphatic rings. The fourth-order valence-electron chi connectivity index (χ4n) is 2.06. The molecule has 0 aromatic carbocycles. The van der Waals surface area contributed by atoms with Crippen LogP contribution in [0, 0.1) is 12.3 Å². The molecule has 1 aromatic rings. The molecular formula is C10H15NOS. The minimum absolute atomic E-state index is 0.0128. The summed E-state index contributed by atoms with van der Waals surface area (Å²) in [5, 5.41) is 10.5. The molecule has 3 heteroatoms. The largest absolute Gasteiger partial charge is 0.395 e. The second kappa shape index (κ2) is 2.55. The van der Waals surface area contributed by atoms with Gasteiger partial charge in [-0.1, -0.05) is 13.8 Å². The van der Waals surface area contributed by atoms with Crippen molar-refractivity contribution in [2.45, 2.75) is 32.6 Å². The van der Waals surface area contributed by atoms with Crippen LogP contribution in [-0.4, -0.2) is 16.7 Å². The molecule has 1 fully saturated rings. The minimum Gasteiger partial charge on any atom is -0.395 e. The molecule has 1 unspecified atom stereocenters. The summed E-state index contributed by atoms with van der Waals surface area (Å²) >= 11 is 1.71. The van der Waals surface area contributed by atoms with Gasteiger partial charge in [-0.05, 0) is 18.8 Å². The molecule has 1 aliphatic carbocycles. The number of nitrogens with zero attached hydrogens (tertiary/aromatic N) is 1. The van der Waals surface area contributed by atoms with Gasteiger partial charge in [0.25, 0.3) is 0 Å². The maximum Gasteiger partial charge on any atom is 0.0896 e. The predicted octanol–water partition coefficient (Wildman–Crippen LogP) is 2.11. The molecule has 1 atom stereocenters. The van der Waals surface area contributed by atoms with Crippen LogP contribution >= 0.6 is 11.3 Å². The van der Waals surface area contributed by atoms with Crippen LogP contribution < -0.4 is 0 Å². The third-order valence-corrected chi connectivity index (χ3v) is 4.39. The van der Waals surface area contributed by atoms with Crippen LogP contribution in [0.5, 0.6) is 0 Å². The maximum absolute atomic E-state index is 9.43. The Morgan fingerprint density at radius 2 is 2.23 bits per heavy atom. The van der Waals surface area contributed by atoms with Crippen LogP contribution in [0.2, 0.25) is 0 Å². The van der Waals surface area contributed by atoms with Crippen molar-refractivity contribution >= 4 is 11.3 Å². The quantitative estimate of drug-likeness (QED) is 0.787. The van der Waals surface area contributed by atoms with Gasteiger partial charge in [0.15, 0.2) is 0 Å². The van der Waals surface area contributed by atoms with E-state index >= 15 is 0 Å². The van der Waals surface area contributed by atoms with Crippen LogP contribution in [0.4, 0.5) is 0 Å². The second-order valence-electron chi connectivity index (χ2n) is 4.54. The van der Waals surface area contributed by atoms with Crippen molar-refractivity contribution in [2.75, 3.05) is 6.61 Å². The van der Waals surface area contributed by atoms with E-state index in [2.05, 4.69) is 18.8 Å². The molecule has 0 spiro atoms. The third-order valence-electron chi connectivity index (χ3n) is 3.28. The molecule has 2 nitrogen and oxygen atoms in total. The topological polar surface area (TPSA) is 33.1 Å². The van der Waals surface area contributed by atoms with Crippen LogP contribution in [0.25, 0.3) is 0 Å². The zero-order valence-corrected chi connectivity index (χ0v) is 9.11. The van der Waals surface area contributed by atoms with Crippen molar-refractivity contribution in [3.05, 3.63) is 16.1 Å². The summed E-state index contributed by atoms with van der Waals surface area (Å²) in [4.78, 5) is 5.49. The number of aromatic nitrogens is 1. The van der Waals surface area contributed by atoms with Gasteiger partial charge < -0.3 is 5.11 Å². The molecule has 0 aliphatic heterocycles. The smallest absolute Gasteiger partial charge is 0.0896 e. The highest BCUT2D eigenvalue weighted by Crippen LogP contribution is 2.64. The molecule has 0 saturated heterocycles. The van der Waals surface area contributed by atoms with E-state index in [1.54, 1.807) is 11.3 Å². The molecule has 0 amide bonds. The van der Waals surface area contributed by atoms with Crippen molar-refractivity contribution in [1.82, 2.24) is 4.98 Å². The molecule has 1 heterocycles. The molecule has 1 saturated carbocycles. The highest BCUT2D eigenvalue weighted by molar-refractivity contribution is 7.11. The Morgan fingerprint density at radius 3 is 2.54 bits per heavy atom. The van der Waals surface area contributed by atoms with E-state index in [4.69, 9.17) is 0 Å². The summed E-state index contributed by atoms with van der Waals surface area (Å²) in [6, 6.07) is 0. The summed E-state index contributed by atoms with van der Waals surface area (Å²) in [6.07, 6.45) is 3.00. The number of hydrogen-bond acceptors (Lipinski definition) is 3.